The molecule has 4 rings (SSSR count). The zero-order valence-corrected chi connectivity index (χ0v) is 19.8. The molecule has 0 aromatic heterocycles. The predicted octanol–water partition coefficient (Wildman–Crippen LogP) is 8.04. The van der Waals surface area contributed by atoms with Crippen molar-refractivity contribution in [1.82, 2.24) is 0 Å². The van der Waals surface area contributed by atoms with Crippen LogP contribution in [0.5, 0.6) is 0 Å². The molecular formula is C29H31F3O2. The van der Waals surface area contributed by atoms with Crippen molar-refractivity contribution in [2.75, 3.05) is 13.2 Å². The van der Waals surface area contributed by atoms with Gasteiger partial charge in [0.25, 0.3) is 0 Å². The lowest BCUT2D eigenvalue weighted by molar-refractivity contribution is -0.176. The monoisotopic (exact) mass is 468 g/mol. The van der Waals surface area contributed by atoms with Gasteiger partial charge in [-0.15, -0.1) is 0 Å². The van der Waals surface area contributed by atoms with Gasteiger partial charge in [0.2, 0.25) is 0 Å². The molecule has 0 unspecified atom stereocenters. The molecule has 0 aliphatic carbocycles. The quantitative estimate of drug-likeness (QED) is 0.312. The third-order valence-electron chi connectivity index (χ3n) is 6.50. The van der Waals surface area contributed by atoms with Crippen LogP contribution in [-0.4, -0.2) is 19.5 Å². The van der Waals surface area contributed by atoms with E-state index in [0.29, 0.717) is 41.9 Å². The number of benzene rings is 3. The average molecular weight is 469 g/mol. The third-order valence-corrected chi connectivity index (χ3v) is 6.50. The van der Waals surface area contributed by atoms with Gasteiger partial charge in [-0.05, 0) is 48.1 Å². The molecule has 1 saturated heterocycles. The third kappa shape index (κ3) is 5.53. The van der Waals surface area contributed by atoms with Gasteiger partial charge < -0.3 is 9.47 Å². The molecule has 1 heterocycles. The first kappa shape index (κ1) is 24.5. The van der Waals surface area contributed by atoms with Gasteiger partial charge >= 0.3 is 0 Å². The van der Waals surface area contributed by atoms with E-state index in [2.05, 4.69) is 6.92 Å². The first-order valence-electron chi connectivity index (χ1n) is 12.1. The average Bonchev–Trinajstić information content (AvgIpc) is 2.85. The second-order valence-electron chi connectivity index (χ2n) is 8.96. The van der Waals surface area contributed by atoms with Crippen molar-refractivity contribution in [2.45, 2.75) is 58.2 Å². The van der Waals surface area contributed by atoms with E-state index in [4.69, 9.17) is 9.47 Å². The zero-order chi connectivity index (χ0) is 24.1. The molecule has 5 heteroatoms. The maximum Gasteiger partial charge on any atom is 0.166 e. The molecule has 0 atom stereocenters. The van der Waals surface area contributed by atoms with Crippen LogP contribution in [-0.2, 0) is 15.9 Å². The van der Waals surface area contributed by atoms with Crippen molar-refractivity contribution in [3.05, 3.63) is 83.2 Å². The molecule has 1 fully saturated rings. The highest BCUT2D eigenvalue weighted by Gasteiger charge is 2.22. The van der Waals surface area contributed by atoms with Crippen LogP contribution in [0.25, 0.3) is 22.3 Å². The fourth-order valence-electron chi connectivity index (χ4n) is 4.39. The normalized spacial score (nSPS) is 18.3. The number of unbranched alkanes of at least 4 members (excludes halogenated alkanes) is 3. The van der Waals surface area contributed by atoms with Crippen LogP contribution in [0, 0.1) is 17.5 Å². The number of hydrogen-bond donors (Lipinski definition) is 0. The summed E-state index contributed by atoms with van der Waals surface area (Å²) in [7, 11) is 0. The molecule has 0 saturated carbocycles. The molecular weight excluding hydrogens is 437 g/mol. The van der Waals surface area contributed by atoms with E-state index in [1.807, 2.05) is 13.0 Å². The lowest BCUT2D eigenvalue weighted by Crippen LogP contribution is -2.28. The van der Waals surface area contributed by atoms with Gasteiger partial charge in [0.1, 0.15) is 5.82 Å². The molecule has 3 aromatic carbocycles. The maximum atomic E-state index is 14.9. The summed E-state index contributed by atoms with van der Waals surface area (Å²) in [5.74, 6) is -1.95. The Morgan fingerprint density at radius 3 is 2.06 bits per heavy atom. The number of ether oxygens (including phenoxy) is 2. The number of aryl methyl sites for hydroxylation is 1. The van der Waals surface area contributed by atoms with Crippen LogP contribution in [0.4, 0.5) is 13.2 Å². The summed E-state index contributed by atoms with van der Waals surface area (Å²) >= 11 is 0. The lowest BCUT2D eigenvalue weighted by atomic mass is 9.94. The summed E-state index contributed by atoms with van der Waals surface area (Å²) in [6.45, 7) is 4.95. The zero-order valence-electron chi connectivity index (χ0n) is 19.8. The maximum absolute atomic E-state index is 14.9. The molecule has 0 N–H and O–H groups in total. The highest BCUT2D eigenvalue weighted by Crippen LogP contribution is 2.32. The molecule has 1 aliphatic heterocycles. The highest BCUT2D eigenvalue weighted by atomic mass is 19.2. The summed E-state index contributed by atoms with van der Waals surface area (Å²) in [6, 6.07) is 15.3. The largest absolute Gasteiger partial charge is 0.352 e. The highest BCUT2D eigenvalue weighted by molar-refractivity contribution is 5.71. The number of halogens is 3. The second-order valence-corrected chi connectivity index (χ2v) is 8.96. The molecule has 2 nitrogen and oxygen atoms in total. The van der Waals surface area contributed by atoms with Crippen LogP contribution in [0.1, 0.15) is 56.6 Å². The van der Waals surface area contributed by atoms with Crippen LogP contribution < -0.4 is 0 Å². The van der Waals surface area contributed by atoms with Crippen molar-refractivity contribution in [1.29, 1.82) is 0 Å². The molecule has 180 valence electrons. The minimum Gasteiger partial charge on any atom is -0.352 e. The van der Waals surface area contributed by atoms with Crippen LogP contribution >= 0.6 is 0 Å². The predicted molar refractivity (Wildman–Crippen MR) is 129 cm³/mol. The van der Waals surface area contributed by atoms with Gasteiger partial charge in [0.05, 0.1) is 13.2 Å². The molecule has 0 amide bonds. The second kappa shape index (κ2) is 11.2. The summed E-state index contributed by atoms with van der Waals surface area (Å²) in [4.78, 5) is 0. The molecule has 34 heavy (non-hydrogen) atoms. The Hall–Kier alpha value is -2.63. The first-order valence-corrected chi connectivity index (χ1v) is 12.1. The van der Waals surface area contributed by atoms with Gasteiger partial charge in [0.15, 0.2) is 17.9 Å². The van der Waals surface area contributed by atoms with E-state index >= 15 is 0 Å². The minimum atomic E-state index is -0.831. The Morgan fingerprint density at radius 2 is 1.41 bits per heavy atom. The van der Waals surface area contributed by atoms with Crippen molar-refractivity contribution >= 4 is 0 Å². The standard InChI is InChI=1S/C29H31F3O2/c1-3-4-5-6-7-22-12-15-26(29(32)28(22)31)21-10-8-20(9-11-21)25-14-13-23(16-27(25)30)24-17-33-19(2)34-18-24/h8-16,19,24H,3-7,17-18H2,1-2H3. The molecule has 3 aromatic rings. The van der Waals surface area contributed by atoms with Gasteiger partial charge in [-0.25, -0.2) is 13.2 Å². The summed E-state index contributed by atoms with van der Waals surface area (Å²) < 4.78 is 55.4. The van der Waals surface area contributed by atoms with E-state index in [1.165, 1.54) is 6.07 Å². The smallest absolute Gasteiger partial charge is 0.166 e. The molecule has 1 aliphatic rings. The SMILES string of the molecule is CCCCCCc1ccc(-c2ccc(-c3ccc(C4COC(C)OC4)cc3F)cc2)c(F)c1F. The lowest BCUT2D eigenvalue weighted by Gasteiger charge is -2.27. The van der Waals surface area contributed by atoms with Gasteiger partial charge in [-0.2, -0.15) is 0 Å². The molecule has 0 radical (unpaired) electrons. The number of hydrogen-bond acceptors (Lipinski definition) is 2. The van der Waals surface area contributed by atoms with Gasteiger partial charge in [-0.1, -0.05) is 74.7 Å². The summed E-state index contributed by atoms with van der Waals surface area (Å²) in [5, 5.41) is 0. The van der Waals surface area contributed by atoms with E-state index in [1.54, 1.807) is 42.5 Å². The van der Waals surface area contributed by atoms with Crippen LogP contribution in [0.15, 0.2) is 54.6 Å². The topological polar surface area (TPSA) is 18.5 Å². The van der Waals surface area contributed by atoms with E-state index in [9.17, 15) is 13.2 Å². The minimum absolute atomic E-state index is 0.00499. The molecule has 0 spiro atoms. The van der Waals surface area contributed by atoms with E-state index < -0.39 is 11.6 Å². The van der Waals surface area contributed by atoms with Gasteiger partial charge in [-0.3, -0.25) is 0 Å². The Bertz CT molecular complexity index is 1100. The van der Waals surface area contributed by atoms with Crippen molar-refractivity contribution < 1.29 is 22.6 Å². The molecule has 0 bridgehead atoms. The van der Waals surface area contributed by atoms with Crippen molar-refractivity contribution in [2.24, 2.45) is 0 Å². The Morgan fingerprint density at radius 1 is 0.765 bits per heavy atom. The van der Waals surface area contributed by atoms with Crippen molar-refractivity contribution in [3.63, 3.8) is 0 Å². The number of rotatable bonds is 8. The van der Waals surface area contributed by atoms with Gasteiger partial charge in [0, 0.05) is 17.0 Å². The first-order chi connectivity index (χ1) is 16.5. The van der Waals surface area contributed by atoms with E-state index in [0.717, 1.165) is 31.2 Å². The summed E-state index contributed by atoms with van der Waals surface area (Å²) in [6.07, 6.45) is 4.36. The van der Waals surface area contributed by atoms with Crippen molar-refractivity contribution in [3.8, 4) is 22.3 Å². The fraction of sp³-hybridized carbons (Fsp3) is 0.379. The Kier molecular flexibility index (Phi) is 8.07. The van der Waals surface area contributed by atoms with E-state index in [-0.39, 0.29) is 23.6 Å². The fourth-order valence-corrected chi connectivity index (χ4v) is 4.39. The summed E-state index contributed by atoms with van der Waals surface area (Å²) in [5.41, 5.74) is 3.14. The van der Waals surface area contributed by atoms with Crippen LogP contribution in [0.2, 0.25) is 0 Å². The Balaban J connectivity index is 1.49. The Labute approximate surface area is 199 Å². The van der Waals surface area contributed by atoms with Crippen LogP contribution in [0.3, 0.4) is 0 Å².